The van der Waals surface area contributed by atoms with Crippen molar-refractivity contribution in [2.24, 2.45) is 11.3 Å². The first-order chi connectivity index (χ1) is 16.3. The summed E-state index contributed by atoms with van der Waals surface area (Å²) in [6, 6.07) is 2.85. The van der Waals surface area contributed by atoms with E-state index in [-0.39, 0.29) is 45.4 Å². The third kappa shape index (κ3) is 3.92. The van der Waals surface area contributed by atoms with Crippen molar-refractivity contribution in [2.45, 2.75) is 42.9 Å². The third-order valence-electron chi connectivity index (χ3n) is 6.35. The Kier molecular flexibility index (Phi) is 3.94. The first-order valence-corrected chi connectivity index (χ1v) is 12.2. The summed E-state index contributed by atoms with van der Waals surface area (Å²) in [7, 11) is -3.70. The van der Waals surface area contributed by atoms with Crippen LogP contribution in [0.5, 0.6) is 0 Å². The molecule has 1 spiro atoms. The lowest BCUT2D eigenvalue weighted by atomic mass is 10.2. The van der Waals surface area contributed by atoms with Crippen LogP contribution in [0.1, 0.15) is 58.2 Å². The number of pyridine rings is 1. The predicted octanol–water partition coefficient (Wildman–Crippen LogP) is 1.99. The molecule has 11 heteroatoms. The summed E-state index contributed by atoms with van der Waals surface area (Å²) < 4.78 is 46.9. The highest BCUT2D eigenvalue weighted by Crippen LogP contribution is 2.70. The van der Waals surface area contributed by atoms with Crippen molar-refractivity contribution in [1.82, 2.24) is 20.5 Å². The van der Waals surface area contributed by atoms with Gasteiger partial charge < -0.3 is 16.0 Å². The molecule has 3 saturated carbocycles. The van der Waals surface area contributed by atoms with Gasteiger partial charge in [-0.05, 0) is 55.1 Å². The van der Waals surface area contributed by atoms with Crippen LogP contribution in [0.3, 0.4) is 0 Å². The number of sulfone groups is 1. The van der Waals surface area contributed by atoms with Crippen LogP contribution in [0.15, 0.2) is 23.2 Å². The minimum Gasteiger partial charge on any atom is -0.354 e. The number of aromatic nitrogens is 3. The van der Waals surface area contributed by atoms with Crippen LogP contribution in [0.25, 0.3) is 0 Å². The molecule has 3 aliphatic rings. The number of hydrogen-bond donors (Lipinski definition) is 3. The molecular weight excluding hydrogens is 432 g/mol. The monoisotopic (exact) mass is 459 g/mol. The highest BCUT2D eigenvalue weighted by molar-refractivity contribution is 7.90. The highest BCUT2D eigenvalue weighted by atomic mass is 32.2. The Morgan fingerprint density at radius 2 is 2.00 bits per heavy atom. The molecule has 10 nitrogen and oxygen atoms in total. The standard InChI is InChI=1S/C21H24N6O4S/c1-22-20(29)17-14(8-16(26-27-17)25-19(28)13-9-21(13)5-6-21)24-18-15(32(2,30)31)7-12(10-23-18)11-3-4-11/h7-8,10-11,13H,3-6,9H2,1-2H3,(H,22,29)(H2,23,24,25,26,28)/t13-/m0/s1/i1D3. The normalized spacial score (nSPS) is 22.3. The van der Waals surface area contributed by atoms with E-state index in [0.29, 0.717) is 0 Å². The van der Waals surface area contributed by atoms with Crippen molar-refractivity contribution in [3.8, 4) is 0 Å². The van der Waals surface area contributed by atoms with Crippen LogP contribution in [0.2, 0.25) is 0 Å². The number of carbonyl (C=O) groups excluding carboxylic acids is 2. The van der Waals surface area contributed by atoms with Crippen LogP contribution < -0.4 is 16.0 Å². The van der Waals surface area contributed by atoms with E-state index in [2.05, 4.69) is 25.8 Å². The summed E-state index contributed by atoms with van der Waals surface area (Å²) in [6.45, 7) is -2.78. The SMILES string of the molecule is [2H]C([2H])([2H])NC(=O)c1nnc(NC(=O)[C@@H]2CC23CC3)cc1Nc1ncc(C2CC2)cc1S(C)(=O)=O. The van der Waals surface area contributed by atoms with Gasteiger partial charge in [0.25, 0.3) is 5.91 Å². The van der Waals surface area contributed by atoms with E-state index in [1.165, 1.54) is 6.07 Å². The zero-order chi connectivity index (χ0) is 25.2. The van der Waals surface area contributed by atoms with Crippen LogP contribution in [0, 0.1) is 11.3 Å². The molecule has 1 atom stereocenters. The molecule has 168 valence electrons. The van der Waals surface area contributed by atoms with Crippen molar-refractivity contribution in [3.05, 3.63) is 29.6 Å². The lowest BCUT2D eigenvalue weighted by molar-refractivity contribution is -0.117. The van der Waals surface area contributed by atoms with Crippen LogP contribution >= 0.6 is 0 Å². The van der Waals surface area contributed by atoms with Gasteiger partial charge in [-0.3, -0.25) is 9.59 Å². The number of amides is 2. The molecule has 32 heavy (non-hydrogen) atoms. The Balaban J connectivity index is 1.48. The van der Waals surface area contributed by atoms with E-state index >= 15 is 0 Å². The Morgan fingerprint density at radius 1 is 1.22 bits per heavy atom. The zero-order valence-electron chi connectivity index (χ0n) is 20.3. The largest absolute Gasteiger partial charge is 0.354 e. The van der Waals surface area contributed by atoms with E-state index in [9.17, 15) is 18.0 Å². The minimum atomic E-state index is -3.70. The Hall–Kier alpha value is -3.08. The molecule has 0 aromatic carbocycles. The number of nitrogens with one attached hydrogen (secondary N) is 3. The molecule has 2 aromatic rings. The zero-order valence-corrected chi connectivity index (χ0v) is 18.1. The predicted molar refractivity (Wildman–Crippen MR) is 116 cm³/mol. The van der Waals surface area contributed by atoms with E-state index in [0.717, 1.165) is 43.9 Å². The van der Waals surface area contributed by atoms with Crippen molar-refractivity contribution >= 4 is 39.0 Å². The van der Waals surface area contributed by atoms with Crippen LogP contribution in [-0.2, 0) is 14.6 Å². The molecule has 3 N–H and O–H groups in total. The molecule has 0 saturated heterocycles. The maximum absolute atomic E-state index is 12.6. The van der Waals surface area contributed by atoms with Gasteiger partial charge in [0.1, 0.15) is 10.7 Å². The molecular formula is C21H24N6O4S. The fraction of sp³-hybridized carbons (Fsp3) is 0.476. The smallest absolute Gasteiger partial charge is 0.273 e. The van der Waals surface area contributed by atoms with Gasteiger partial charge in [-0.25, -0.2) is 13.4 Å². The molecule has 2 amide bonds. The van der Waals surface area contributed by atoms with Crippen LogP contribution in [0.4, 0.5) is 17.3 Å². The van der Waals surface area contributed by atoms with Gasteiger partial charge in [0.2, 0.25) is 5.91 Å². The van der Waals surface area contributed by atoms with E-state index in [1.807, 2.05) is 5.32 Å². The molecule has 0 bridgehead atoms. The summed E-state index contributed by atoms with van der Waals surface area (Å²) in [5.74, 6) is -1.09. The topological polar surface area (TPSA) is 143 Å². The van der Waals surface area contributed by atoms with Crippen LogP contribution in [-0.4, -0.2) is 48.6 Å². The molecule has 2 aromatic heterocycles. The summed E-state index contributed by atoms with van der Waals surface area (Å²) in [5.41, 5.74) is 0.480. The number of carbonyl (C=O) groups is 2. The average Bonchev–Trinajstić information content (AvgIpc) is 3.63. The van der Waals surface area contributed by atoms with E-state index < -0.39 is 28.4 Å². The molecule has 3 fully saturated rings. The molecule has 5 rings (SSSR count). The van der Waals surface area contributed by atoms with Crippen molar-refractivity contribution in [2.75, 3.05) is 23.9 Å². The van der Waals surface area contributed by atoms with Gasteiger partial charge in [-0.1, -0.05) is 0 Å². The maximum atomic E-state index is 12.6. The van der Waals surface area contributed by atoms with E-state index in [1.54, 1.807) is 12.3 Å². The average molecular weight is 460 g/mol. The maximum Gasteiger partial charge on any atom is 0.273 e. The van der Waals surface area contributed by atoms with Gasteiger partial charge in [-0.2, -0.15) is 0 Å². The summed E-state index contributed by atoms with van der Waals surface area (Å²) >= 11 is 0. The second-order valence-electron chi connectivity index (χ2n) is 8.84. The van der Waals surface area contributed by atoms with Gasteiger partial charge in [0.15, 0.2) is 21.3 Å². The lowest BCUT2D eigenvalue weighted by Gasteiger charge is -2.14. The molecule has 3 aliphatic carbocycles. The first-order valence-electron chi connectivity index (χ1n) is 11.8. The first kappa shape index (κ1) is 17.5. The third-order valence-corrected chi connectivity index (χ3v) is 7.46. The minimum absolute atomic E-state index is 0.0427. The lowest BCUT2D eigenvalue weighted by Crippen LogP contribution is -2.23. The van der Waals surface area contributed by atoms with Gasteiger partial charge in [0.05, 0.1) is 5.69 Å². The fourth-order valence-electron chi connectivity index (χ4n) is 4.02. The fourth-order valence-corrected chi connectivity index (χ4v) is 4.83. The Morgan fingerprint density at radius 3 is 2.62 bits per heavy atom. The van der Waals surface area contributed by atoms with Crippen molar-refractivity contribution < 1.29 is 22.1 Å². The van der Waals surface area contributed by atoms with Gasteiger partial charge >= 0.3 is 0 Å². The number of nitrogens with zero attached hydrogens (tertiary/aromatic N) is 3. The second-order valence-corrected chi connectivity index (χ2v) is 10.8. The molecule has 0 unspecified atom stereocenters. The molecule has 2 heterocycles. The van der Waals surface area contributed by atoms with Crippen molar-refractivity contribution in [3.63, 3.8) is 0 Å². The number of hydrogen-bond acceptors (Lipinski definition) is 8. The number of rotatable bonds is 7. The summed E-state index contributed by atoms with van der Waals surface area (Å²) in [4.78, 5) is 29.4. The van der Waals surface area contributed by atoms with Crippen molar-refractivity contribution in [1.29, 1.82) is 0 Å². The van der Waals surface area contributed by atoms with E-state index in [4.69, 9.17) is 4.11 Å². The summed E-state index contributed by atoms with van der Waals surface area (Å²) in [6.07, 6.45) is 7.40. The Labute approximate surface area is 189 Å². The van der Waals surface area contributed by atoms with Gasteiger partial charge in [0, 0.05) is 35.5 Å². The molecule has 0 radical (unpaired) electrons. The quantitative estimate of drug-likeness (QED) is 0.570. The van der Waals surface area contributed by atoms with Gasteiger partial charge in [-0.15, -0.1) is 10.2 Å². The summed E-state index contributed by atoms with van der Waals surface area (Å²) in [5, 5.41) is 15.0. The second kappa shape index (κ2) is 7.22. The molecule has 0 aliphatic heterocycles. The highest BCUT2D eigenvalue weighted by Gasteiger charge is 2.65. The number of anilines is 3. The Bertz CT molecular complexity index is 1340.